The van der Waals surface area contributed by atoms with Crippen molar-refractivity contribution in [3.8, 4) is 6.07 Å². The first-order chi connectivity index (χ1) is 9.55. The number of hydrogen-bond acceptors (Lipinski definition) is 6. The van der Waals surface area contributed by atoms with Gasteiger partial charge in [0.25, 0.3) is 0 Å². The lowest BCUT2D eigenvalue weighted by molar-refractivity contribution is -0.139. The van der Waals surface area contributed by atoms with Gasteiger partial charge in [-0.2, -0.15) is 9.64 Å². The molecular formula is C13H18N4O2S. The Morgan fingerprint density at radius 2 is 2.35 bits per heavy atom. The molecule has 108 valence electrons. The second-order valence-electron chi connectivity index (χ2n) is 5.01. The van der Waals surface area contributed by atoms with Crippen LogP contribution in [0.15, 0.2) is 0 Å². The van der Waals surface area contributed by atoms with Gasteiger partial charge in [-0.25, -0.2) is 0 Å². The van der Waals surface area contributed by atoms with E-state index in [1.807, 2.05) is 18.7 Å². The largest absolute Gasteiger partial charge is 0.480 e. The van der Waals surface area contributed by atoms with E-state index >= 15 is 0 Å². The lowest BCUT2D eigenvalue weighted by atomic mass is 9.85. The fourth-order valence-corrected chi connectivity index (χ4v) is 3.29. The molecule has 1 aliphatic rings. The van der Waals surface area contributed by atoms with E-state index in [9.17, 15) is 4.79 Å². The molecule has 0 amide bonds. The second-order valence-corrected chi connectivity index (χ2v) is 5.78. The van der Waals surface area contributed by atoms with Gasteiger partial charge in [0.2, 0.25) is 0 Å². The number of carbonyl (C=O) groups is 1. The summed E-state index contributed by atoms with van der Waals surface area (Å²) in [6.07, 6.45) is 1.81. The highest BCUT2D eigenvalue weighted by Crippen LogP contribution is 2.32. The van der Waals surface area contributed by atoms with E-state index in [0.29, 0.717) is 17.6 Å². The summed E-state index contributed by atoms with van der Waals surface area (Å²) < 4.78 is 4.18. The van der Waals surface area contributed by atoms with E-state index in [0.717, 1.165) is 30.1 Å². The van der Waals surface area contributed by atoms with Gasteiger partial charge in [0.1, 0.15) is 16.6 Å². The van der Waals surface area contributed by atoms with Crippen LogP contribution in [0, 0.1) is 18.3 Å². The Balaban J connectivity index is 1.87. The fraction of sp³-hybridized carbons (Fsp3) is 0.615. The first-order valence-corrected chi connectivity index (χ1v) is 7.41. The third kappa shape index (κ3) is 3.08. The van der Waals surface area contributed by atoms with E-state index in [4.69, 9.17) is 10.4 Å². The molecule has 0 aromatic carbocycles. The molecule has 1 aliphatic carbocycles. The summed E-state index contributed by atoms with van der Waals surface area (Å²) in [6, 6.07) is 2.78. The van der Waals surface area contributed by atoms with Gasteiger partial charge in [0.05, 0.1) is 12.2 Å². The summed E-state index contributed by atoms with van der Waals surface area (Å²) in [6.45, 7) is 4.64. The van der Waals surface area contributed by atoms with Crippen LogP contribution in [0.25, 0.3) is 0 Å². The molecule has 20 heavy (non-hydrogen) atoms. The highest BCUT2D eigenvalue weighted by molar-refractivity contribution is 7.10. The number of anilines is 1. The molecule has 0 unspecified atom stereocenters. The highest BCUT2D eigenvalue weighted by Gasteiger charge is 2.34. The average molecular weight is 294 g/mol. The number of rotatable bonds is 6. The Morgan fingerprint density at radius 3 is 2.90 bits per heavy atom. The van der Waals surface area contributed by atoms with Crippen LogP contribution < -0.4 is 5.32 Å². The van der Waals surface area contributed by atoms with E-state index in [1.54, 1.807) is 0 Å². The molecule has 0 atom stereocenters. The molecule has 6 nitrogen and oxygen atoms in total. The lowest BCUT2D eigenvalue weighted by Gasteiger charge is -2.42. The van der Waals surface area contributed by atoms with E-state index in [1.165, 1.54) is 11.5 Å². The number of aromatic nitrogens is 1. The van der Waals surface area contributed by atoms with Crippen molar-refractivity contribution in [1.82, 2.24) is 9.27 Å². The zero-order valence-corrected chi connectivity index (χ0v) is 12.4. The monoisotopic (exact) mass is 294 g/mol. The standard InChI is InChI=1S/C13H18N4O2S/c1-3-17(7-12(18)19)10-4-9(5-10)15-13-11(6-14)8(2)16-20-13/h9-10,15H,3-5,7H2,1-2H3,(H,18,19). The summed E-state index contributed by atoms with van der Waals surface area (Å²) in [5, 5.41) is 22.1. The number of hydrogen-bond donors (Lipinski definition) is 2. The summed E-state index contributed by atoms with van der Waals surface area (Å²) in [7, 11) is 0. The van der Waals surface area contributed by atoms with Crippen LogP contribution >= 0.6 is 11.5 Å². The molecular weight excluding hydrogens is 276 g/mol. The summed E-state index contributed by atoms with van der Waals surface area (Å²) >= 11 is 1.31. The van der Waals surface area contributed by atoms with Crippen LogP contribution in [0.3, 0.4) is 0 Å². The van der Waals surface area contributed by atoms with Crippen LogP contribution in [-0.2, 0) is 4.79 Å². The molecule has 0 aliphatic heterocycles. The number of aryl methyl sites for hydroxylation is 1. The van der Waals surface area contributed by atoms with Crippen molar-refractivity contribution in [2.75, 3.05) is 18.4 Å². The zero-order valence-electron chi connectivity index (χ0n) is 11.6. The van der Waals surface area contributed by atoms with Crippen LogP contribution in [0.1, 0.15) is 31.0 Å². The predicted octanol–water partition coefficient (Wildman–Crippen LogP) is 1.67. The highest BCUT2D eigenvalue weighted by atomic mass is 32.1. The molecule has 1 aromatic heterocycles. The Labute approximate surface area is 122 Å². The van der Waals surface area contributed by atoms with E-state index in [-0.39, 0.29) is 6.54 Å². The molecule has 7 heteroatoms. The normalized spacial score (nSPS) is 21.3. The molecule has 2 N–H and O–H groups in total. The van der Waals surface area contributed by atoms with Gasteiger partial charge in [-0.3, -0.25) is 9.69 Å². The molecule has 1 fully saturated rings. The first kappa shape index (κ1) is 14.8. The fourth-order valence-electron chi connectivity index (χ4n) is 2.46. The van der Waals surface area contributed by atoms with Crippen molar-refractivity contribution >= 4 is 22.5 Å². The lowest BCUT2D eigenvalue weighted by Crippen LogP contribution is -2.51. The Morgan fingerprint density at radius 1 is 1.65 bits per heavy atom. The average Bonchev–Trinajstić information content (AvgIpc) is 2.71. The van der Waals surface area contributed by atoms with Crippen molar-refractivity contribution in [1.29, 1.82) is 5.26 Å². The van der Waals surface area contributed by atoms with Crippen molar-refractivity contribution in [3.63, 3.8) is 0 Å². The van der Waals surface area contributed by atoms with Gasteiger partial charge in [-0.05, 0) is 37.8 Å². The van der Waals surface area contributed by atoms with Gasteiger partial charge in [-0.1, -0.05) is 6.92 Å². The van der Waals surface area contributed by atoms with Gasteiger partial charge < -0.3 is 10.4 Å². The number of likely N-dealkylation sites (N-methyl/N-ethyl adjacent to an activating group) is 1. The van der Waals surface area contributed by atoms with Crippen LogP contribution in [0.2, 0.25) is 0 Å². The Hall–Kier alpha value is -1.65. The third-order valence-corrected chi connectivity index (χ3v) is 4.55. The molecule has 1 heterocycles. The van der Waals surface area contributed by atoms with Gasteiger partial charge >= 0.3 is 5.97 Å². The summed E-state index contributed by atoms with van der Waals surface area (Å²) in [5.74, 6) is -0.784. The first-order valence-electron chi connectivity index (χ1n) is 6.63. The van der Waals surface area contributed by atoms with Crippen molar-refractivity contribution < 1.29 is 9.90 Å². The van der Waals surface area contributed by atoms with Crippen molar-refractivity contribution in [3.05, 3.63) is 11.3 Å². The van der Waals surface area contributed by atoms with Gasteiger partial charge in [0.15, 0.2) is 0 Å². The molecule has 1 saturated carbocycles. The van der Waals surface area contributed by atoms with Gasteiger partial charge in [-0.15, -0.1) is 0 Å². The summed E-state index contributed by atoms with van der Waals surface area (Å²) in [5.41, 5.74) is 1.38. The van der Waals surface area contributed by atoms with Crippen LogP contribution in [0.5, 0.6) is 0 Å². The maximum atomic E-state index is 10.8. The van der Waals surface area contributed by atoms with Gasteiger partial charge in [0, 0.05) is 12.1 Å². The molecule has 0 bridgehead atoms. The maximum Gasteiger partial charge on any atom is 0.317 e. The number of nitrogens with zero attached hydrogens (tertiary/aromatic N) is 3. The summed E-state index contributed by atoms with van der Waals surface area (Å²) in [4.78, 5) is 12.7. The number of nitriles is 1. The minimum Gasteiger partial charge on any atom is -0.480 e. The number of nitrogens with one attached hydrogen (secondary N) is 1. The Bertz CT molecular complexity index is 531. The molecule has 0 saturated heterocycles. The third-order valence-electron chi connectivity index (χ3n) is 3.68. The van der Waals surface area contributed by atoms with Crippen molar-refractivity contribution in [2.45, 2.75) is 38.8 Å². The topological polar surface area (TPSA) is 89.2 Å². The smallest absolute Gasteiger partial charge is 0.317 e. The van der Waals surface area contributed by atoms with E-state index in [2.05, 4.69) is 15.8 Å². The number of carboxylic acids is 1. The predicted molar refractivity (Wildman–Crippen MR) is 76.9 cm³/mol. The van der Waals surface area contributed by atoms with E-state index < -0.39 is 5.97 Å². The quantitative estimate of drug-likeness (QED) is 0.829. The second kappa shape index (κ2) is 6.20. The Kier molecular flexibility index (Phi) is 4.57. The SMILES string of the molecule is CCN(CC(=O)O)C1CC(Nc2snc(C)c2C#N)C1. The number of aliphatic carboxylic acids is 1. The van der Waals surface area contributed by atoms with Crippen LogP contribution in [0.4, 0.5) is 5.00 Å². The molecule has 0 spiro atoms. The molecule has 1 aromatic rings. The number of carboxylic acid groups (broad SMARTS) is 1. The van der Waals surface area contributed by atoms with Crippen LogP contribution in [-0.4, -0.2) is 45.5 Å². The maximum absolute atomic E-state index is 10.8. The minimum atomic E-state index is -0.784. The zero-order chi connectivity index (χ0) is 14.7. The minimum absolute atomic E-state index is 0.0942. The molecule has 2 rings (SSSR count). The van der Waals surface area contributed by atoms with Crippen molar-refractivity contribution in [2.24, 2.45) is 0 Å². The molecule has 0 radical (unpaired) electrons.